The minimum Gasteiger partial charge on any atom is -0.350 e. The highest BCUT2D eigenvalue weighted by Gasteiger charge is 2.25. The summed E-state index contributed by atoms with van der Waals surface area (Å²) >= 11 is 0. The van der Waals surface area contributed by atoms with Crippen LogP contribution in [0.2, 0.25) is 0 Å². The van der Waals surface area contributed by atoms with Crippen molar-refractivity contribution in [2.75, 3.05) is 6.61 Å². The molecule has 0 aliphatic carbocycles. The van der Waals surface area contributed by atoms with E-state index in [0.29, 0.717) is 13.0 Å². The van der Waals surface area contributed by atoms with Gasteiger partial charge in [0.2, 0.25) is 0 Å². The second kappa shape index (κ2) is 5.11. The van der Waals surface area contributed by atoms with Crippen molar-refractivity contribution in [3.05, 3.63) is 35.4 Å². The molecule has 0 saturated carbocycles. The van der Waals surface area contributed by atoms with Gasteiger partial charge in [0.15, 0.2) is 6.29 Å². The van der Waals surface area contributed by atoms with Crippen LogP contribution in [0.5, 0.6) is 0 Å². The predicted octanol–water partition coefficient (Wildman–Crippen LogP) is 2.19. The first kappa shape index (κ1) is 11.1. The molecule has 16 heavy (non-hydrogen) atoms. The van der Waals surface area contributed by atoms with Gasteiger partial charge in [-0.3, -0.25) is 0 Å². The fraction of sp³-hybridized carbons (Fsp3) is 0.462. The summed E-state index contributed by atoms with van der Waals surface area (Å²) in [7, 11) is 0. The maximum atomic E-state index is 8.55. The minimum atomic E-state index is -0.193. The molecule has 0 radical (unpaired) electrons. The first-order chi connectivity index (χ1) is 7.78. The van der Waals surface area contributed by atoms with Crippen LogP contribution in [0.3, 0.4) is 0 Å². The Morgan fingerprint density at radius 1 is 1.38 bits per heavy atom. The maximum Gasteiger partial charge on any atom is 0.162 e. The van der Waals surface area contributed by atoms with Crippen molar-refractivity contribution in [2.24, 2.45) is 0 Å². The highest BCUT2D eigenvalue weighted by Crippen LogP contribution is 2.18. The molecule has 0 spiro atoms. The van der Waals surface area contributed by atoms with Crippen molar-refractivity contribution in [1.29, 1.82) is 5.26 Å². The van der Waals surface area contributed by atoms with E-state index in [1.807, 2.05) is 0 Å². The molecule has 84 valence electrons. The first-order valence-corrected chi connectivity index (χ1v) is 5.47. The summed E-state index contributed by atoms with van der Waals surface area (Å²) in [4.78, 5) is 0. The van der Waals surface area contributed by atoms with Crippen LogP contribution in [0, 0.1) is 18.3 Å². The summed E-state index contributed by atoms with van der Waals surface area (Å²) in [5.74, 6) is 0. The van der Waals surface area contributed by atoms with Crippen molar-refractivity contribution in [2.45, 2.75) is 32.2 Å². The molecule has 0 aromatic heterocycles. The molecule has 1 aliphatic rings. The normalized spacial score (nSPS) is 24.2. The Balaban J connectivity index is 1.87. The Morgan fingerprint density at radius 2 is 2.12 bits per heavy atom. The fourth-order valence-corrected chi connectivity index (χ4v) is 1.74. The Kier molecular flexibility index (Phi) is 3.55. The zero-order valence-corrected chi connectivity index (χ0v) is 9.35. The quantitative estimate of drug-likeness (QED) is 0.779. The van der Waals surface area contributed by atoms with Gasteiger partial charge >= 0.3 is 0 Å². The second-order valence-electron chi connectivity index (χ2n) is 4.07. The zero-order valence-electron chi connectivity index (χ0n) is 9.35. The zero-order chi connectivity index (χ0) is 11.4. The Morgan fingerprint density at radius 3 is 2.81 bits per heavy atom. The van der Waals surface area contributed by atoms with Crippen LogP contribution in [0.25, 0.3) is 0 Å². The van der Waals surface area contributed by atoms with Gasteiger partial charge < -0.3 is 9.47 Å². The molecule has 2 atom stereocenters. The number of nitrogens with zero attached hydrogens (tertiary/aromatic N) is 1. The molecule has 1 aromatic rings. The minimum absolute atomic E-state index is 0.0551. The van der Waals surface area contributed by atoms with E-state index in [4.69, 9.17) is 14.7 Å². The molecule has 0 amide bonds. The molecule has 2 rings (SSSR count). The number of aryl methyl sites for hydroxylation is 1. The van der Waals surface area contributed by atoms with Crippen molar-refractivity contribution in [3.63, 3.8) is 0 Å². The number of hydrogen-bond acceptors (Lipinski definition) is 3. The number of nitriles is 1. The summed E-state index contributed by atoms with van der Waals surface area (Å²) in [6.07, 6.45) is 0.911. The van der Waals surface area contributed by atoms with Crippen molar-refractivity contribution < 1.29 is 9.47 Å². The molecule has 3 nitrogen and oxygen atoms in total. The van der Waals surface area contributed by atoms with Crippen LogP contribution in [-0.4, -0.2) is 19.0 Å². The van der Waals surface area contributed by atoms with Crippen LogP contribution >= 0.6 is 0 Å². The lowest BCUT2D eigenvalue weighted by Crippen LogP contribution is -2.14. The molecule has 0 N–H and O–H groups in total. The van der Waals surface area contributed by atoms with E-state index in [0.717, 1.165) is 6.42 Å². The van der Waals surface area contributed by atoms with Gasteiger partial charge in [0.1, 0.15) is 0 Å². The third-order valence-electron chi connectivity index (χ3n) is 2.65. The lowest BCUT2D eigenvalue weighted by molar-refractivity contribution is -0.0548. The van der Waals surface area contributed by atoms with E-state index in [1.165, 1.54) is 11.1 Å². The first-order valence-electron chi connectivity index (χ1n) is 5.47. The van der Waals surface area contributed by atoms with Gasteiger partial charge in [-0.25, -0.2) is 0 Å². The number of ether oxygens (including phenoxy) is 2. The van der Waals surface area contributed by atoms with Gasteiger partial charge in [0.05, 0.1) is 25.2 Å². The Labute approximate surface area is 95.6 Å². The van der Waals surface area contributed by atoms with Crippen LogP contribution in [0.15, 0.2) is 24.3 Å². The van der Waals surface area contributed by atoms with E-state index in [1.54, 1.807) is 0 Å². The average molecular weight is 217 g/mol. The Bertz CT molecular complexity index is 380. The molecule has 0 bridgehead atoms. The van der Waals surface area contributed by atoms with Crippen LogP contribution in [0.4, 0.5) is 0 Å². The SMILES string of the molecule is Cc1ccc(CC2OCC(CC#N)O2)cc1. The monoisotopic (exact) mass is 217 g/mol. The van der Waals surface area contributed by atoms with Gasteiger partial charge in [-0.15, -0.1) is 0 Å². The molecule has 1 aromatic carbocycles. The van der Waals surface area contributed by atoms with Crippen molar-refractivity contribution in [3.8, 4) is 6.07 Å². The summed E-state index contributed by atoms with van der Waals surface area (Å²) in [6.45, 7) is 2.60. The van der Waals surface area contributed by atoms with E-state index < -0.39 is 0 Å². The number of hydrogen-bond donors (Lipinski definition) is 0. The summed E-state index contributed by atoms with van der Waals surface area (Å²) in [5.41, 5.74) is 2.45. The third-order valence-corrected chi connectivity index (χ3v) is 2.65. The third kappa shape index (κ3) is 2.82. The number of rotatable bonds is 3. The molecule has 1 saturated heterocycles. The molecule has 2 unspecified atom stereocenters. The second-order valence-corrected chi connectivity index (χ2v) is 4.07. The average Bonchev–Trinajstić information content (AvgIpc) is 2.70. The fourth-order valence-electron chi connectivity index (χ4n) is 1.74. The van der Waals surface area contributed by atoms with E-state index in [9.17, 15) is 0 Å². The molecular weight excluding hydrogens is 202 g/mol. The smallest absolute Gasteiger partial charge is 0.162 e. The highest BCUT2D eigenvalue weighted by molar-refractivity contribution is 5.21. The largest absolute Gasteiger partial charge is 0.350 e. The Hall–Kier alpha value is -1.37. The van der Waals surface area contributed by atoms with Gasteiger partial charge in [0, 0.05) is 6.42 Å². The molecule has 1 heterocycles. The highest BCUT2D eigenvalue weighted by atomic mass is 16.7. The van der Waals surface area contributed by atoms with E-state index in [2.05, 4.69) is 37.3 Å². The van der Waals surface area contributed by atoms with E-state index in [-0.39, 0.29) is 12.4 Å². The van der Waals surface area contributed by atoms with Crippen molar-refractivity contribution >= 4 is 0 Å². The number of benzene rings is 1. The predicted molar refractivity (Wildman–Crippen MR) is 59.7 cm³/mol. The van der Waals surface area contributed by atoms with Crippen LogP contribution in [-0.2, 0) is 15.9 Å². The lowest BCUT2D eigenvalue weighted by Gasteiger charge is -2.10. The maximum absolute atomic E-state index is 8.55. The summed E-state index contributed by atoms with van der Waals surface area (Å²) in [5, 5.41) is 8.55. The van der Waals surface area contributed by atoms with Crippen LogP contribution in [0.1, 0.15) is 17.5 Å². The molecule has 1 aliphatic heterocycles. The van der Waals surface area contributed by atoms with Crippen molar-refractivity contribution in [1.82, 2.24) is 0 Å². The summed E-state index contributed by atoms with van der Waals surface area (Å²) in [6, 6.07) is 10.4. The van der Waals surface area contributed by atoms with Gasteiger partial charge in [-0.05, 0) is 12.5 Å². The van der Waals surface area contributed by atoms with Gasteiger partial charge in [-0.2, -0.15) is 5.26 Å². The molecular formula is C13H15NO2. The standard InChI is InChI=1S/C13H15NO2/c1-10-2-4-11(5-3-10)8-13-15-9-12(16-13)6-7-14/h2-5,12-13H,6,8-9H2,1H3. The summed E-state index contributed by atoms with van der Waals surface area (Å²) < 4.78 is 11.1. The van der Waals surface area contributed by atoms with Gasteiger partial charge in [-0.1, -0.05) is 29.8 Å². The van der Waals surface area contributed by atoms with E-state index >= 15 is 0 Å². The lowest BCUT2D eigenvalue weighted by atomic mass is 10.1. The van der Waals surface area contributed by atoms with Gasteiger partial charge in [0.25, 0.3) is 0 Å². The topological polar surface area (TPSA) is 42.2 Å². The molecule has 3 heteroatoms. The molecule has 1 fully saturated rings. The van der Waals surface area contributed by atoms with Crippen LogP contribution < -0.4 is 0 Å².